The third-order valence-corrected chi connectivity index (χ3v) is 4.44. The van der Waals surface area contributed by atoms with Crippen LogP contribution >= 0.6 is 0 Å². The first-order valence-corrected chi connectivity index (χ1v) is 8.53. The van der Waals surface area contributed by atoms with Crippen LogP contribution in [0.1, 0.15) is 28.4 Å². The average Bonchev–Trinajstić information content (AvgIpc) is 2.96. The van der Waals surface area contributed by atoms with Crippen molar-refractivity contribution in [3.8, 4) is 17.2 Å². The molecule has 5 nitrogen and oxygen atoms in total. The molecule has 0 N–H and O–H groups in total. The van der Waals surface area contributed by atoms with Crippen LogP contribution in [-0.2, 0) is 6.54 Å². The lowest BCUT2D eigenvalue weighted by atomic mass is 10.1. The highest BCUT2D eigenvalue weighted by atomic mass is 16.5. The summed E-state index contributed by atoms with van der Waals surface area (Å²) in [7, 11) is 5.18. The number of nitrogens with zero attached hydrogens (tertiary/aromatic N) is 1. The summed E-state index contributed by atoms with van der Waals surface area (Å²) in [4.78, 5) is 14.9. The van der Waals surface area contributed by atoms with Crippen molar-refractivity contribution in [1.29, 1.82) is 0 Å². The fourth-order valence-corrected chi connectivity index (χ4v) is 2.81. The van der Waals surface area contributed by atoms with Crippen LogP contribution in [0.4, 0.5) is 0 Å². The monoisotopic (exact) mass is 353 g/mol. The van der Waals surface area contributed by atoms with E-state index < -0.39 is 0 Å². The van der Waals surface area contributed by atoms with E-state index in [0.717, 1.165) is 18.7 Å². The number of carbonyl (C=O) groups excluding carboxylic acids is 1. The van der Waals surface area contributed by atoms with Gasteiger partial charge < -0.3 is 19.1 Å². The molecule has 0 aromatic heterocycles. The first kappa shape index (κ1) is 18.0. The normalized spacial score (nSPS) is 14.5. The Morgan fingerprint density at radius 3 is 2.35 bits per heavy atom. The molecule has 3 rings (SSSR count). The van der Waals surface area contributed by atoms with E-state index in [1.807, 2.05) is 12.1 Å². The molecule has 0 spiro atoms. The van der Waals surface area contributed by atoms with E-state index in [-0.39, 0.29) is 5.78 Å². The van der Waals surface area contributed by atoms with Gasteiger partial charge in [0.05, 0.1) is 19.8 Å². The van der Waals surface area contributed by atoms with E-state index in [1.54, 1.807) is 32.4 Å². The van der Waals surface area contributed by atoms with Gasteiger partial charge in [-0.25, -0.2) is 0 Å². The Balaban J connectivity index is 1.83. The highest BCUT2D eigenvalue weighted by molar-refractivity contribution is 6.14. The van der Waals surface area contributed by atoms with Crippen LogP contribution in [0.2, 0.25) is 0 Å². The molecule has 0 unspecified atom stereocenters. The number of Topliss-reactive ketones (excluding diaryl/α,β-unsaturated/α-hetero) is 1. The first-order valence-electron chi connectivity index (χ1n) is 8.53. The third kappa shape index (κ3) is 3.58. The zero-order chi connectivity index (χ0) is 18.7. The predicted molar refractivity (Wildman–Crippen MR) is 101 cm³/mol. The number of fused-ring (bicyclic) bond motifs is 1. The molecular formula is C21H23NO4. The van der Waals surface area contributed by atoms with Crippen LogP contribution in [0.15, 0.2) is 42.2 Å². The van der Waals surface area contributed by atoms with Gasteiger partial charge in [-0.15, -0.1) is 0 Å². The first-order chi connectivity index (χ1) is 12.5. The van der Waals surface area contributed by atoms with Crippen molar-refractivity contribution in [3.63, 3.8) is 0 Å². The topological polar surface area (TPSA) is 48.0 Å². The molecule has 0 saturated heterocycles. The summed E-state index contributed by atoms with van der Waals surface area (Å²) in [6, 6.07) is 11.4. The predicted octanol–water partition coefficient (Wildman–Crippen LogP) is 3.77. The maximum absolute atomic E-state index is 12.6. The molecule has 0 aliphatic carbocycles. The number of methoxy groups -OCH3 is 2. The summed E-state index contributed by atoms with van der Waals surface area (Å²) < 4.78 is 16.3. The fraction of sp³-hybridized carbons (Fsp3) is 0.286. The molecule has 2 aromatic rings. The van der Waals surface area contributed by atoms with E-state index in [2.05, 4.69) is 31.0 Å². The lowest BCUT2D eigenvalue weighted by Gasteiger charge is -2.13. The second-order valence-electron chi connectivity index (χ2n) is 6.22. The number of hydrogen-bond donors (Lipinski definition) is 0. The molecule has 136 valence electrons. The minimum absolute atomic E-state index is 0.157. The molecule has 1 aliphatic heterocycles. The SMILES string of the molecule is CCN(C)Cc1ccc(/C=C2\Oc3cc(OC)c(OC)cc3C2=O)cc1. The van der Waals surface area contributed by atoms with Gasteiger partial charge in [-0.1, -0.05) is 31.2 Å². The smallest absolute Gasteiger partial charge is 0.232 e. The second kappa shape index (κ2) is 7.62. The van der Waals surface area contributed by atoms with Crippen LogP contribution in [-0.4, -0.2) is 38.5 Å². The summed E-state index contributed by atoms with van der Waals surface area (Å²) in [6.07, 6.45) is 1.76. The van der Waals surface area contributed by atoms with Crippen LogP contribution in [0.25, 0.3) is 6.08 Å². The number of allylic oxidation sites excluding steroid dienone is 1. The van der Waals surface area contributed by atoms with Gasteiger partial charge in [0.2, 0.25) is 5.78 Å². The minimum Gasteiger partial charge on any atom is -0.493 e. The van der Waals surface area contributed by atoms with Crippen LogP contribution in [0.3, 0.4) is 0 Å². The molecule has 0 atom stereocenters. The lowest BCUT2D eigenvalue weighted by Crippen LogP contribution is -2.16. The van der Waals surface area contributed by atoms with Gasteiger partial charge in [-0.05, 0) is 36.9 Å². The maximum Gasteiger partial charge on any atom is 0.232 e. The molecule has 0 saturated carbocycles. The maximum atomic E-state index is 12.6. The summed E-state index contributed by atoms with van der Waals surface area (Å²) in [5.74, 6) is 1.67. The van der Waals surface area contributed by atoms with Gasteiger partial charge in [0.1, 0.15) is 5.75 Å². The summed E-state index contributed by atoms with van der Waals surface area (Å²) >= 11 is 0. The summed E-state index contributed by atoms with van der Waals surface area (Å²) in [5.41, 5.74) is 2.63. The molecule has 1 aliphatic rings. The second-order valence-corrected chi connectivity index (χ2v) is 6.22. The van der Waals surface area contributed by atoms with Crippen LogP contribution in [0, 0.1) is 0 Å². The molecule has 0 fully saturated rings. The number of ether oxygens (including phenoxy) is 3. The number of ketones is 1. The Labute approximate surface area is 153 Å². The minimum atomic E-state index is -0.157. The van der Waals surface area contributed by atoms with E-state index in [4.69, 9.17) is 14.2 Å². The zero-order valence-corrected chi connectivity index (χ0v) is 15.5. The van der Waals surface area contributed by atoms with Crippen LogP contribution in [0.5, 0.6) is 17.2 Å². The summed E-state index contributed by atoms with van der Waals surface area (Å²) in [6.45, 7) is 4.02. The molecular weight excluding hydrogens is 330 g/mol. The van der Waals surface area contributed by atoms with E-state index in [1.165, 1.54) is 5.56 Å². The number of hydrogen-bond acceptors (Lipinski definition) is 5. The van der Waals surface area contributed by atoms with Gasteiger partial charge in [0.25, 0.3) is 0 Å². The average molecular weight is 353 g/mol. The number of carbonyl (C=O) groups is 1. The lowest BCUT2D eigenvalue weighted by molar-refractivity contribution is 0.101. The molecule has 0 radical (unpaired) electrons. The zero-order valence-electron chi connectivity index (χ0n) is 15.5. The van der Waals surface area contributed by atoms with E-state index in [0.29, 0.717) is 28.6 Å². The number of rotatable bonds is 6. The molecule has 2 aromatic carbocycles. The Morgan fingerprint density at radius 1 is 1.08 bits per heavy atom. The highest BCUT2D eigenvalue weighted by Crippen LogP contribution is 2.40. The standard InChI is InChI=1S/C21H23NO4/c1-5-22(2)13-15-8-6-14(7-9-15)10-20-21(23)16-11-18(24-3)19(25-4)12-17(16)26-20/h6-12H,5,13H2,1-4H3/b20-10-. The van der Waals surface area contributed by atoms with Crippen molar-refractivity contribution in [2.24, 2.45) is 0 Å². The van der Waals surface area contributed by atoms with Gasteiger partial charge in [-0.2, -0.15) is 0 Å². The molecule has 1 heterocycles. The Hall–Kier alpha value is -2.79. The van der Waals surface area contributed by atoms with Crippen molar-refractivity contribution in [3.05, 3.63) is 58.8 Å². The van der Waals surface area contributed by atoms with E-state index >= 15 is 0 Å². The van der Waals surface area contributed by atoms with Crippen molar-refractivity contribution in [2.45, 2.75) is 13.5 Å². The Kier molecular flexibility index (Phi) is 5.28. The largest absolute Gasteiger partial charge is 0.493 e. The van der Waals surface area contributed by atoms with Crippen molar-refractivity contribution >= 4 is 11.9 Å². The highest BCUT2D eigenvalue weighted by Gasteiger charge is 2.29. The van der Waals surface area contributed by atoms with Crippen molar-refractivity contribution in [1.82, 2.24) is 4.90 Å². The molecule has 5 heteroatoms. The van der Waals surface area contributed by atoms with Crippen LogP contribution < -0.4 is 14.2 Å². The quantitative estimate of drug-likeness (QED) is 0.740. The third-order valence-electron chi connectivity index (χ3n) is 4.44. The van der Waals surface area contributed by atoms with Crippen molar-refractivity contribution < 1.29 is 19.0 Å². The summed E-state index contributed by atoms with van der Waals surface area (Å²) in [5, 5.41) is 0. The van der Waals surface area contributed by atoms with Gasteiger partial charge >= 0.3 is 0 Å². The van der Waals surface area contributed by atoms with E-state index in [9.17, 15) is 4.79 Å². The molecule has 0 amide bonds. The van der Waals surface area contributed by atoms with Gasteiger partial charge in [0.15, 0.2) is 17.3 Å². The molecule has 26 heavy (non-hydrogen) atoms. The number of benzene rings is 2. The van der Waals surface area contributed by atoms with Gasteiger partial charge in [-0.3, -0.25) is 4.79 Å². The molecule has 0 bridgehead atoms. The Morgan fingerprint density at radius 2 is 1.73 bits per heavy atom. The Bertz CT molecular complexity index is 840. The van der Waals surface area contributed by atoms with Gasteiger partial charge in [0, 0.05) is 12.6 Å². The van der Waals surface area contributed by atoms with Crippen molar-refractivity contribution in [2.75, 3.05) is 27.8 Å². The fourth-order valence-electron chi connectivity index (χ4n) is 2.81.